The zero-order valence-corrected chi connectivity index (χ0v) is 15.3. The molecule has 2 heterocycles. The molecule has 1 aliphatic heterocycles. The number of anilines is 4. The van der Waals surface area contributed by atoms with Gasteiger partial charge in [0.25, 0.3) is 0 Å². The van der Waals surface area contributed by atoms with E-state index in [1.165, 1.54) is 0 Å². The summed E-state index contributed by atoms with van der Waals surface area (Å²) in [4.78, 5) is 21.2. The predicted molar refractivity (Wildman–Crippen MR) is 104 cm³/mol. The molecule has 1 aromatic carbocycles. The number of aromatic nitrogens is 2. The van der Waals surface area contributed by atoms with Crippen molar-refractivity contribution in [2.24, 2.45) is 0 Å². The zero-order chi connectivity index (χ0) is 19.2. The highest BCUT2D eigenvalue weighted by Crippen LogP contribution is 2.31. The number of benzene rings is 1. The van der Waals surface area contributed by atoms with Crippen LogP contribution in [-0.2, 0) is 4.74 Å². The molecule has 1 fully saturated rings. The van der Waals surface area contributed by atoms with E-state index >= 15 is 0 Å². The Morgan fingerprint density at radius 1 is 1.33 bits per heavy atom. The summed E-state index contributed by atoms with van der Waals surface area (Å²) in [5, 5.41) is 17.8. The Morgan fingerprint density at radius 3 is 2.81 bits per heavy atom. The molecule has 27 heavy (non-hydrogen) atoms. The highest BCUT2D eigenvalue weighted by Gasteiger charge is 2.23. The lowest BCUT2D eigenvalue weighted by molar-refractivity contribution is -0.383. The topological polar surface area (TPSA) is 131 Å². The largest absolute Gasteiger partial charge is 0.379 e. The molecule has 3 rings (SSSR count). The van der Waals surface area contributed by atoms with Gasteiger partial charge in [-0.15, -0.1) is 0 Å². The Morgan fingerprint density at radius 2 is 2.11 bits per heavy atom. The molecule has 0 spiro atoms. The van der Waals surface area contributed by atoms with Crippen molar-refractivity contribution < 1.29 is 9.66 Å². The Bertz CT molecular complexity index is 815. The van der Waals surface area contributed by atoms with Crippen molar-refractivity contribution in [1.29, 1.82) is 0 Å². The summed E-state index contributed by atoms with van der Waals surface area (Å²) in [5.74, 6) is 0.00734. The van der Waals surface area contributed by atoms with Gasteiger partial charge in [0, 0.05) is 36.9 Å². The number of halogens is 1. The standard InChI is InChI=1S/C16H20ClN7O3/c17-11-2-1-3-12(10-11)20-15-13(24(25)26)14(18)21-16(22-15)19-4-5-23-6-8-27-9-7-23/h1-3,10H,4-9H2,(H4,18,19,20,21,22). The van der Waals surface area contributed by atoms with Crippen molar-refractivity contribution in [3.8, 4) is 0 Å². The summed E-state index contributed by atoms with van der Waals surface area (Å²) in [6, 6.07) is 6.78. The molecule has 0 bridgehead atoms. The maximum absolute atomic E-state index is 11.4. The van der Waals surface area contributed by atoms with E-state index in [1.54, 1.807) is 24.3 Å². The van der Waals surface area contributed by atoms with Crippen molar-refractivity contribution >= 4 is 40.6 Å². The fraction of sp³-hybridized carbons (Fsp3) is 0.375. The number of nitro groups is 1. The van der Waals surface area contributed by atoms with Gasteiger partial charge in [-0.25, -0.2) is 0 Å². The first-order chi connectivity index (χ1) is 13.0. The van der Waals surface area contributed by atoms with Gasteiger partial charge in [-0.05, 0) is 18.2 Å². The molecule has 1 aliphatic rings. The zero-order valence-electron chi connectivity index (χ0n) is 14.5. The van der Waals surface area contributed by atoms with Crippen LogP contribution in [0.2, 0.25) is 5.02 Å². The number of ether oxygens (including phenoxy) is 1. The number of nitrogen functional groups attached to an aromatic ring is 1. The van der Waals surface area contributed by atoms with Gasteiger partial charge >= 0.3 is 5.69 Å². The molecule has 0 aliphatic carbocycles. The molecule has 144 valence electrons. The van der Waals surface area contributed by atoms with Gasteiger partial charge < -0.3 is 21.1 Å². The van der Waals surface area contributed by atoms with Crippen LogP contribution in [0.5, 0.6) is 0 Å². The molecule has 1 saturated heterocycles. The third-order valence-corrected chi connectivity index (χ3v) is 4.23. The fourth-order valence-electron chi connectivity index (χ4n) is 2.67. The van der Waals surface area contributed by atoms with Crippen LogP contribution in [0.25, 0.3) is 0 Å². The second-order valence-corrected chi connectivity index (χ2v) is 6.34. The highest BCUT2D eigenvalue weighted by molar-refractivity contribution is 6.30. The highest BCUT2D eigenvalue weighted by atomic mass is 35.5. The monoisotopic (exact) mass is 393 g/mol. The van der Waals surface area contributed by atoms with Crippen LogP contribution in [0.4, 0.5) is 29.0 Å². The average Bonchev–Trinajstić information content (AvgIpc) is 2.62. The van der Waals surface area contributed by atoms with E-state index in [9.17, 15) is 10.1 Å². The minimum atomic E-state index is -0.611. The van der Waals surface area contributed by atoms with Crippen LogP contribution in [0, 0.1) is 10.1 Å². The van der Waals surface area contributed by atoms with E-state index in [1.807, 2.05) is 0 Å². The molecule has 0 unspecified atom stereocenters. The molecule has 1 aromatic heterocycles. The van der Waals surface area contributed by atoms with Crippen molar-refractivity contribution in [1.82, 2.24) is 14.9 Å². The Balaban J connectivity index is 1.75. The SMILES string of the molecule is Nc1nc(NCCN2CCOCC2)nc(Nc2cccc(Cl)c2)c1[N+](=O)[O-]. The van der Waals surface area contributed by atoms with Gasteiger partial charge in [0.2, 0.25) is 17.6 Å². The number of hydrogen-bond donors (Lipinski definition) is 3. The van der Waals surface area contributed by atoms with E-state index in [4.69, 9.17) is 22.1 Å². The first-order valence-corrected chi connectivity index (χ1v) is 8.79. The summed E-state index contributed by atoms with van der Waals surface area (Å²) in [6.45, 7) is 4.52. The maximum Gasteiger partial charge on any atom is 0.353 e. The number of rotatable bonds is 7. The minimum Gasteiger partial charge on any atom is -0.379 e. The van der Waals surface area contributed by atoms with E-state index in [0.717, 1.165) is 19.6 Å². The maximum atomic E-state index is 11.4. The van der Waals surface area contributed by atoms with Crippen LogP contribution in [0.15, 0.2) is 24.3 Å². The normalized spacial score (nSPS) is 14.7. The molecule has 0 atom stereocenters. The van der Waals surface area contributed by atoms with Crippen molar-refractivity contribution in [2.45, 2.75) is 0 Å². The van der Waals surface area contributed by atoms with Crippen LogP contribution in [0.3, 0.4) is 0 Å². The lowest BCUT2D eigenvalue weighted by Crippen LogP contribution is -2.39. The van der Waals surface area contributed by atoms with E-state index in [-0.39, 0.29) is 23.3 Å². The van der Waals surface area contributed by atoms with Gasteiger partial charge in [0.1, 0.15) is 0 Å². The lowest BCUT2D eigenvalue weighted by atomic mass is 10.3. The molecule has 2 aromatic rings. The first-order valence-electron chi connectivity index (χ1n) is 8.41. The number of nitrogens with two attached hydrogens (primary N) is 1. The Labute approximate surface area is 160 Å². The van der Waals surface area contributed by atoms with Gasteiger partial charge in [-0.1, -0.05) is 17.7 Å². The summed E-state index contributed by atoms with van der Waals surface area (Å²) in [5.41, 5.74) is 5.97. The van der Waals surface area contributed by atoms with Crippen LogP contribution < -0.4 is 16.4 Å². The van der Waals surface area contributed by atoms with E-state index in [0.29, 0.717) is 30.5 Å². The molecule has 0 amide bonds. The van der Waals surface area contributed by atoms with Crippen molar-refractivity contribution in [2.75, 3.05) is 55.8 Å². The summed E-state index contributed by atoms with van der Waals surface area (Å²) < 4.78 is 5.31. The average molecular weight is 394 g/mol. The van der Waals surface area contributed by atoms with Gasteiger partial charge in [0.15, 0.2) is 0 Å². The van der Waals surface area contributed by atoms with Gasteiger partial charge in [-0.2, -0.15) is 9.97 Å². The molecule has 0 radical (unpaired) electrons. The van der Waals surface area contributed by atoms with Crippen LogP contribution >= 0.6 is 11.6 Å². The fourth-order valence-corrected chi connectivity index (χ4v) is 2.86. The second kappa shape index (κ2) is 8.80. The van der Waals surface area contributed by atoms with Gasteiger partial charge in [-0.3, -0.25) is 15.0 Å². The Kier molecular flexibility index (Phi) is 6.22. The smallest absolute Gasteiger partial charge is 0.353 e. The summed E-state index contributed by atoms with van der Waals surface area (Å²) in [7, 11) is 0. The van der Waals surface area contributed by atoms with Crippen molar-refractivity contribution in [3.63, 3.8) is 0 Å². The molecule has 0 saturated carbocycles. The molecular formula is C16H20ClN7O3. The number of nitrogens with zero attached hydrogens (tertiary/aromatic N) is 4. The van der Waals surface area contributed by atoms with Crippen molar-refractivity contribution in [3.05, 3.63) is 39.4 Å². The third-order valence-electron chi connectivity index (χ3n) is 4.00. The second-order valence-electron chi connectivity index (χ2n) is 5.90. The van der Waals surface area contributed by atoms with Crippen LogP contribution in [-0.4, -0.2) is 59.2 Å². The molecular weight excluding hydrogens is 374 g/mol. The summed E-state index contributed by atoms with van der Waals surface area (Å²) >= 11 is 5.96. The van der Waals surface area contributed by atoms with E-state index in [2.05, 4.69) is 25.5 Å². The first kappa shape index (κ1) is 19.1. The third kappa shape index (κ3) is 5.16. The quantitative estimate of drug-likeness (QED) is 0.477. The Hall–Kier alpha value is -2.69. The van der Waals surface area contributed by atoms with Gasteiger partial charge in [0.05, 0.1) is 18.1 Å². The summed E-state index contributed by atoms with van der Waals surface area (Å²) in [6.07, 6.45) is 0. The lowest BCUT2D eigenvalue weighted by Gasteiger charge is -2.26. The van der Waals surface area contributed by atoms with Crippen LogP contribution in [0.1, 0.15) is 0 Å². The molecule has 4 N–H and O–H groups in total. The number of hydrogen-bond acceptors (Lipinski definition) is 9. The number of nitrogens with one attached hydrogen (secondary N) is 2. The van der Waals surface area contributed by atoms with E-state index < -0.39 is 4.92 Å². The number of morpholine rings is 1. The predicted octanol–water partition coefficient (Wildman–Crippen LogP) is 2.11. The molecule has 10 nitrogen and oxygen atoms in total. The minimum absolute atomic E-state index is 0.00337. The molecule has 11 heteroatoms.